The number of thioether (sulfide) groups is 1. The number of halogens is 1. The van der Waals surface area contributed by atoms with Crippen LogP contribution in [-0.4, -0.2) is 0 Å². The van der Waals surface area contributed by atoms with Gasteiger partial charge in [-0.1, -0.05) is 29.3 Å². The van der Waals surface area contributed by atoms with Crippen LogP contribution in [0.2, 0.25) is 5.02 Å². The van der Waals surface area contributed by atoms with E-state index in [1.807, 2.05) is 18.2 Å². The van der Waals surface area contributed by atoms with Crippen LogP contribution in [0.5, 0.6) is 0 Å². The second-order valence-corrected chi connectivity index (χ2v) is 6.30. The number of hydrogen-bond donors (Lipinski definition) is 1. The molecule has 2 rings (SSSR count). The molecule has 0 fully saturated rings. The third-order valence-corrected chi connectivity index (χ3v) is 4.52. The largest absolute Gasteiger partial charge is 0.398 e. The molecule has 1 nitrogen and oxygen atoms in total. The molecule has 0 amide bonds. The maximum absolute atomic E-state index is 6.01. The summed E-state index contributed by atoms with van der Waals surface area (Å²) in [5.41, 5.74) is 12.1. The molecule has 0 aromatic heterocycles. The molecule has 2 aromatic carbocycles. The fourth-order valence-electron chi connectivity index (χ4n) is 2.22. The van der Waals surface area contributed by atoms with Crippen LogP contribution in [0.15, 0.2) is 35.2 Å². The number of nitrogen functional groups attached to an aromatic ring is 1. The first kappa shape index (κ1) is 14.3. The van der Waals surface area contributed by atoms with Gasteiger partial charge in [-0.2, -0.15) is 0 Å². The molecule has 0 bridgehead atoms. The van der Waals surface area contributed by atoms with Crippen LogP contribution in [0.1, 0.15) is 22.3 Å². The Labute approximate surface area is 124 Å². The van der Waals surface area contributed by atoms with Crippen LogP contribution in [0.25, 0.3) is 0 Å². The van der Waals surface area contributed by atoms with Crippen molar-refractivity contribution >= 4 is 29.1 Å². The third kappa shape index (κ3) is 3.46. The highest BCUT2D eigenvalue weighted by atomic mass is 35.5. The smallest absolute Gasteiger partial charge is 0.0453 e. The predicted molar refractivity (Wildman–Crippen MR) is 86.1 cm³/mol. The van der Waals surface area contributed by atoms with Gasteiger partial charge in [0.05, 0.1) is 0 Å². The topological polar surface area (TPSA) is 26.0 Å². The van der Waals surface area contributed by atoms with E-state index in [1.54, 1.807) is 11.8 Å². The molecule has 2 aromatic rings. The molecular weight excluding hydrogens is 274 g/mol. The van der Waals surface area contributed by atoms with E-state index in [4.69, 9.17) is 17.3 Å². The molecular formula is C16H18ClNS. The maximum atomic E-state index is 6.01. The van der Waals surface area contributed by atoms with E-state index in [2.05, 4.69) is 32.9 Å². The molecule has 0 aliphatic heterocycles. The molecule has 100 valence electrons. The van der Waals surface area contributed by atoms with Crippen molar-refractivity contribution in [2.45, 2.75) is 31.4 Å². The van der Waals surface area contributed by atoms with Gasteiger partial charge in [-0.05, 0) is 55.7 Å². The summed E-state index contributed by atoms with van der Waals surface area (Å²) < 4.78 is 0. The molecule has 0 radical (unpaired) electrons. The van der Waals surface area contributed by atoms with Crippen molar-refractivity contribution in [2.75, 3.05) is 5.73 Å². The highest BCUT2D eigenvalue weighted by Crippen LogP contribution is 2.32. The van der Waals surface area contributed by atoms with E-state index in [1.165, 1.54) is 22.3 Å². The molecule has 0 spiro atoms. The van der Waals surface area contributed by atoms with E-state index in [9.17, 15) is 0 Å². The molecule has 0 unspecified atom stereocenters. The lowest BCUT2D eigenvalue weighted by Crippen LogP contribution is -1.94. The van der Waals surface area contributed by atoms with Gasteiger partial charge in [-0.15, -0.1) is 11.8 Å². The highest BCUT2D eigenvalue weighted by molar-refractivity contribution is 7.98. The van der Waals surface area contributed by atoms with Crippen molar-refractivity contribution in [3.63, 3.8) is 0 Å². The maximum Gasteiger partial charge on any atom is 0.0453 e. The molecule has 0 saturated carbocycles. The van der Waals surface area contributed by atoms with Gasteiger partial charge in [0.1, 0.15) is 0 Å². The van der Waals surface area contributed by atoms with Gasteiger partial charge in [-0.25, -0.2) is 0 Å². The van der Waals surface area contributed by atoms with Crippen LogP contribution in [0, 0.1) is 20.8 Å². The third-order valence-electron chi connectivity index (χ3n) is 3.19. The van der Waals surface area contributed by atoms with Crippen molar-refractivity contribution in [3.05, 3.63) is 57.6 Å². The lowest BCUT2D eigenvalue weighted by Gasteiger charge is -2.12. The first-order valence-electron chi connectivity index (χ1n) is 6.22. The summed E-state index contributed by atoms with van der Waals surface area (Å²) >= 11 is 7.75. The van der Waals surface area contributed by atoms with Gasteiger partial charge >= 0.3 is 0 Å². The Hall–Kier alpha value is -1.12. The Morgan fingerprint density at radius 2 is 1.68 bits per heavy atom. The molecule has 0 saturated heterocycles. The highest BCUT2D eigenvalue weighted by Gasteiger charge is 2.07. The minimum Gasteiger partial charge on any atom is -0.398 e. The van der Waals surface area contributed by atoms with Crippen LogP contribution in [0.4, 0.5) is 5.69 Å². The normalized spacial score (nSPS) is 10.7. The Morgan fingerprint density at radius 3 is 2.32 bits per heavy atom. The average Bonchev–Trinajstić information content (AvgIpc) is 2.32. The van der Waals surface area contributed by atoms with E-state index in [0.717, 1.165) is 21.4 Å². The molecule has 0 aliphatic carbocycles. The summed E-state index contributed by atoms with van der Waals surface area (Å²) in [5.74, 6) is 0.919. The number of nitrogens with two attached hydrogens (primary N) is 1. The van der Waals surface area contributed by atoms with Gasteiger partial charge in [0.2, 0.25) is 0 Å². The zero-order chi connectivity index (χ0) is 14.0. The summed E-state index contributed by atoms with van der Waals surface area (Å²) in [5, 5.41) is 0.731. The first-order valence-corrected chi connectivity index (χ1v) is 7.58. The van der Waals surface area contributed by atoms with Gasteiger partial charge in [-0.3, -0.25) is 0 Å². The van der Waals surface area contributed by atoms with Gasteiger partial charge < -0.3 is 5.73 Å². The lowest BCUT2D eigenvalue weighted by atomic mass is 10.0. The summed E-state index contributed by atoms with van der Waals surface area (Å²) in [7, 11) is 0. The molecule has 2 N–H and O–H groups in total. The summed E-state index contributed by atoms with van der Waals surface area (Å²) in [6.07, 6.45) is 0. The second-order valence-electron chi connectivity index (χ2n) is 4.85. The van der Waals surface area contributed by atoms with Crippen LogP contribution >= 0.6 is 23.4 Å². The summed E-state index contributed by atoms with van der Waals surface area (Å²) in [6.45, 7) is 6.46. The van der Waals surface area contributed by atoms with Crippen molar-refractivity contribution in [2.24, 2.45) is 0 Å². The van der Waals surface area contributed by atoms with Crippen molar-refractivity contribution in [3.8, 4) is 0 Å². The minimum absolute atomic E-state index is 0.731. The monoisotopic (exact) mass is 291 g/mol. The zero-order valence-electron chi connectivity index (χ0n) is 11.5. The number of hydrogen-bond acceptors (Lipinski definition) is 2. The Bertz CT molecular complexity index is 585. The van der Waals surface area contributed by atoms with Crippen LogP contribution in [0.3, 0.4) is 0 Å². The van der Waals surface area contributed by atoms with Gasteiger partial charge in [0, 0.05) is 21.4 Å². The van der Waals surface area contributed by atoms with E-state index >= 15 is 0 Å². The molecule has 0 heterocycles. The van der Waals surface area contributed by atoms with Crippen molar-refractivity contribution in [1.29, 1.82) is 0 Å². The Balaban J connectivity index is 2.21. The number of aryl methyl sites for hydroxylation is 3. The van der Waals surface area contributed by atoms with Crippen molar-refractivity contribution < 1.29 is 0 Å². The molecule has 3 heteroatoms. The van der Waals surface area contributed by atoms with Crippen LogP contribution in [-0.2, 0) is 5.75 Å². The number of anilines is 1. The summed E-state index contributed by atoms with van der Waals surface area (Å²) in [6, 6.07) is 10.1. The predicted octanol–water partition coefficient (Wildman–Crippen LogP) is 5.14. The van der Waals surface area contributed by atoms with E-state index < -0.39 is 0 Å². The van der Waals surface area contributed by atoms with E-state index in [0.29, 0.717) is 0 Å². The Kier molecular flexibility index (Phi) is 4.43. The van der Waals surface area contributed by atoms with E-state index in [-0.39, 0.29) is 0 Å². The Morgan fingerprint density at radius 1 is 1.05 bits per heavy atom. The summed E-state index contributed by atoms with van der Waals surface area (Å²) in [4.78, 5) is 1.05. The first-order chi connectivity index (χ1) is 8.97. The zero-order valence-corrected chi connectivity index (χ0v) is 13.0. The van der Waals surface area contributed by atoms with Crippen LogP contribution < -0.4 is 5.73 Å². The molecule has 0 atom stereocenters. The molecule has 0 aliphatic rings. The SMILES string of the molecule is Cc1cc(C)c(CSc2cc(Cl)ccc2N)c(C)c1. The average molecular weight is 292 g/mol. The lowest BCUT2D eigenvalue weighted by molar-refractivity contribution is 1.21. The molecule has 19 heavy (non-hydrogen) atoms. The van der Waals surface area contributed by atoms with Gasteiger partial charge in [0.25, 0.3) is 0 Å². The van der Waals surface area contributed by atoms with Crippen molar-refractivity contribution in [1.82, 2.24) is 0 Å². The number of rotatable bonds is 3. The fourth-order valence-corrected chi connectivity index (χ4v) is 3.66. The second kappa shape index (κ2) is 5.89. The fraction of sp³-hybridized carbons (Fsp3) is 0.250. The number of benzene rings is 2. The standard InChI is InChI=1S/C16H18ClNS/c1-10-6-11(2)14(12(3)7-10)9-19-16-8-13(17)4-5-15(16)18/h4-8H,9,18H2,1-3H3. The van der Waals surface area contributed by atoms with Gasteiger partial charge in [0.15, 0.2) is 0 Å². The minimum atomic E-state index is 0.731. The quantitative estimate of drug-likeness (QED) is 0.626.